The molecule has 0 aliphatic rings. The van der Waals surface area contributed by atoms with E-state index >= 15 is 0 Å². The maximum Gasteiger partial charge on any atom is 0.327 e. The van der Waals surface area contributed by atoms with E-state index in [0.29, 0.717) is 11.2 Å². The molecule has 0 radical (unpaired) electrons. The summed E-state index contributed by atoms with van der Waals surface area (Å²) < 4.78 is 32.6. The van der Waals surface area contributed by atoms with Gasteiger partial charge in [0.05, 0.1) is 24.4 Å². The molecule has 8 nitrogen and oxygen atoms in total. The number of aliphatic hydroxyl groups is 1. The molecular weight excluding hydrogens is 398 g/mol. The first kappa shape index (κ1) is 21.2. The van der Waals surface area contributed by atoms with Crippen LogP contribution in [0.25, 0.3) is 10.9 Å². The van der Waals surface area contributed by atoms with E-state index in [-0.39, 0.29) is 25.3 Å². The SMILES string of the molecule is CCOC(=O)Cn1ncc2ccc(NC(=O)NC[C@H](O)c3ccc(F)c(F)c3)cc21. The molecule has 0 aliphatic heterocycles. The number of carbonyl (C=O) groups is 2. The Labute approximate surface area is 170 Å². The van der Waals surface area contributed by atoms with Gasteiger partial charge in [0, 0.05) is 17.6 Å². The maximum atomic E-state index is 13.3. The van der Waals surface area contributed by atoms with E-state index in [1.54, 1.807) is 31.3 Å². The average molecular weight is 418 g/mol. The fourth-order valence-electron chi connectivity index (χ4n) is 2.81. The van der Waals surface area contributed by atoms with Crippen molar-refractivity contribution in [3.8, 4) is 0 Å². The molecule has 2 aromatic carbocycles. The van der Waals surface area contributed by atoms with Crippen LogP contribution in [-0.4, -0.2) is 40.0 Å². The molecule has 1 aromatic heterocycles. The summed E-state index contributed by atoms with van der Waals surface area (Å²) in [5.74, 6) is -2.53. The van der Waals surface area contributed by atoms with Crippen LogP contribution in [0.4, 0.5) is 19.3 Å². The molecule has 0 saturated carbocycles. The highest BCUT2D eigenvalue weighted by Gasteiger charge is 2.13. The van der Waals surface area contributed by atoms with Crippen LogP contribution < -0.4 is 10.6 Å². The van der Waals surface area contributed by atoms with Crippen molar-refractivity contribution in [2.75, 3.05) is 18.5 Å². The molecule has 3 N–H and O–H groups in total. The normalized spacial score (nSPS) is 11.9. The highest BCUT2D eigenvalue weighted by molar-refractivity contribution is 5.92. The zero-order valence-electron chi connectivity index (χ0n) is 16.1. The number of aromatic nitrogens is 2. The Hall–Kier alpha value is -3.53. The lowest BCUT2D eigenvalue weighted by molar-refractivity contribution is -0.143. The van der Waals surface area contributed by atoms with E-state index < -0.39 is 29.7 Å². The van der Waals surface area contributed by atoms with Crippen molar-refractivity contribution in [2.45, 2.75) is 19.6 Å². The van der Waals surface area contributed by atoms with Gasteiger partial charge >= 0.3 is 12.0 Å². The third-order valence-electron chi connectivity index (χ3n) is 4.27. The molecule has 3 rings (SSSR count). The zero-order valence-corrected chi connectivity index (χ0v) is 16.1. The van der Waals surface area contributed by atoms with Crippen molar-refractivity contribution in [1.29, 1.82) is 0 Å². The van der Waals surface area contributed by atoms with Gasteiger partial charge in [0.2, 0.25) is 0 Å². The van der Waals surface area contributed by atoms with Gasteiger partial charge in [-0.25, -0.2) is 13.6 Å². The first-order chi connectivity index (χ1) is 14.4. The number of esters is 1. The van der Waals surface area contributed by atoms with Crippen LogP contribution in [-0.2, 0) is 16.1 Å². The van der Waals surface area contributed by atoms with Crippen molar-refractivity contribution >= 4 is 28.6 Å². The number of anilines is 1. The van der Waals surface area contributed by atoms with E-state index in [2.05, 4.69) is 15.7 Å². The predicted octanol–water partition coefficient (Wildman–Crippen LogP) is 2.73. The van der Waals surface area contributed by atoms with Crippen LogP contribution in [0.2, 0.25) is 0 Å². The Morgan fingerprint density at radius 1 is 1.20 bits per heavy atom. The van der Waals surface area contributed by atoms with Gasteiger partial charge in [-0.05, 0) is 42.8 Å². The second kappa shape index (κ2) is 9.31. The summed E-state index contributed by atoms with van der Waals surface area (Å²) in [6.07, 6.45) is 0.385. The van der Waals surface area contributed by atoms with Crippen LogP contribution in [0.1, 0.15) is 18.6 Å². The van der Waals surface area contributed by atoms with Crippen molar-refractivity contribution in [3.05, 3.63) is 59.8 Å². The molecule has 2 amide bonds. The van der Waals surface area contributed by atoms with Crippen LogP contribution in [0.5, 0.6) is 0 Å². The second-order valence-corrected chi connectivity index (χ2v) is 6.41. The number of amides is 2. The predicted molar refractivity (Wildman–Crippen MR) is 105 cm³/mol. The Balaban J connectivity index is 1.61. The summed E-state index contributed by atoms with van der Waals surface area (Å²) in [6.45, 7) is 1.71. The van der Waals surface area contributed by atoms with Gasteiger partial charge in [-0.15, -0.1) is 0 Å². The van der Waals surface area contributed by atoms with Crippen molar-refractivity contribution in [2.24, 2.45) is 0 Å². The number of hydrogen-bond acceptors (Lipinski definition) is 5. The number of carbonyl (C=O) groups excluding carboxylic acids is 2. The Bertz CT molecular complexity index is 1070. The first-order valence-corrected chi connectivity index (χ1v) is 9.16. The van der Waals surface area contributed by atoms with Crippen molar-refractivity contribution in [3.63, 3.8) is 0 Å². The lowest BCUT2D eigenvalue weighted by atomic mass is 10.1. The topological polar surface area (TPSA) is 105 Å². The van der Waals surface area contributed by atoms with Crippen molar-refractivity contribution in [1.82, 2.24) is 15.1 Å². The van der Waals surface area contributed by atoms with Crippen LogP contribution >= 0.6 is 0 Å². The number of aliphatic hydroxyl groups excluding tert-OH is 1. The average Bonchev–Trinajstić information content (AvgIpc) is 3.10. The fraction of sp³-hybridized carbons (Fsp3) is 0.250. The fourth-order valence-corrected chi connectivity index (χ4v) is 2.81. The second-order valence-electron chi connectivity index (χ2n) is 6.41. The highest BCUT2D eigenvalue weighted by Crippen LogP contribution is 2.19. The Kier molecular flexibility index (Phi) is 6.58. The van der Waals surface area contributed by atoms with E-state index in [1.807, 2.05) is 0 Å². The Morgan fingerprint density at radius 2 is 2.00 bits per heavy atom. The molecule has 0 fully saturated rings. The maximum absolute atomic E-state index is 13.3. The quantitative estimate of drug-likeness (QED) is 0.512. The lowest BCUT2D eigenvalue weighted by Crippen LogP contribution is -2.32. The standard InChI is InChI=1S/C20H20F2N4O4/c1-2-30-19(28)11-26-17-8-14(5-3-13(17)9-24-26)25-20(29)23-10-18(27)12-4-6-15(21)16(22)7-12/h3-9,18,27H,2,10-11H2,1H3,(H2,23,25,29)/t18-/m0/s1. The van der Waals surface area contributed by atoms with E-state index in [0.717, 1.165) is 17.5 Å². The zero-order chi connectivity index (χ0) is 21.7. The molecule has 1 atom stereocenters. The number of nitrogens with one attached hydrogen (secondary N) is 2. The molecule has 3 aromatic rings. The highest BCUT2D eigenvalue weighted by atomic mass is 19.2. The van der Waals surface area contributed by atoms with Gasteiger partial charge < -0.3 is 20.5 Å². The molecule has 30 heavy (non-hydrogen) atoms. The summed E-state index contributed by atoms with van der Waals surface area (Å²) >= 11 is 0. The number of nitrogens with zero attached hydrogens (tertiary/aromatic N) is 2. The minimum absolute atomic E-state index is 0.0621. The smallest absolute Gasteiger partial charge is 0.327 e. The molecule has 0 bridgehead atoms. The number of fused-ring (bicyclic) bond motifs is 1. The van der Waals surface area contributed by atoms with Gasteiger partial charge in [-0.1, -0.05) is 6.07 Å². The third-order valence-corrected chi connectivity index (χ3v) is 4.27. The van der Waals surface area contributed by atoms with Gasteiger partial charge in [0.25, 0.3) is 0 Å². The number of halogens is 2. The molecular formula is C20H20F2N4O4. The van der Waals surface area contributed by atoms with Crippen LogP contribution in [0.15, 0.2) is 42.6 Å². The van der Waals surface area contributed by atoms with Gasteiger partial charge in [-0.2, -0.15) is 5.10 Å². The van der Waals surface area contributed by atoms with Gasteiger partial charge in [0.15, 0.2) is 11.6 Å². The minimum Gasteiger partial charge on any atom is -0.465 e. The Morgan fingerprint density at radius 3 is 2.73 bits per heavy atom. The molecule has 1 heterocycles. The lowest BCUT2D eigenvalue weighted by Gasteiger charge is -2.13. The number of ether oxygens (including phenoxy) is 1. The minimum atomic E-state index is -1.21. The van der Waals surface area contributed by atoms with Crippen molar-refractivity contribution < 1.29 is 28.2 Å². The number of rotatable bonds is 7. The summed E-state index contributed by atoms with van der Waals surface area (Å²) in [6, 6.07) is 7.45. The molecule has 0 spiro atoms. The monoisotopic (exact) mass is 418 g/mol. The van der Waals surface area contributed by atoms with Crippen LogP contribution in [0.3, 0.4) is 0 Å². The summed E-state index contributed by atoms with van der Waals surface area (Å²) in [7, 11) is 0. The number of benzene rings is 2. The molecule has 0 unspecified atom stereocenters. The summed E-state index contributed by atoms with van der Waals surface area (Å²) in [4.78, 5) is 23.8. The van der Waals surface area contributed by atoms with E-state index in [4.69, 9.17) is 4.74 Å². The summed E-state index contributed by atoms with van der Waals surface area (Å²) in [5, 5.41) is 20.0. The molecule has 10 heteroatoms. The third kappa shape index (κ3) is 5.09. The van der Waals surface area contributed by atoms with E-state index in [9.17, 15) is 23.5 Å². The van der Waals surface area contributed by atoms with Crippen LogP contribution in [0, 0.1) is 11.6 Å². The van der Waals surface area contributed by atoms with E-state index in [1.165, 1.54) is 10.7 Å². The summed E-state index contributed by atoms with van der Waals surface area (Å²) in [5.41, 5.74) is 1.20. The molecule has 158 valence electrons. The number of hydrogen-bond donors (Lipinski definition) is 3. The number of urea groups is 1. The molecule has 0 aliphatic carbocycles. The largest absolute Gasteiger partial charge is 0.465 e. The first-order valence-electron chi connectivity index (χ1n) is 9.16. The van der Waals surface area contributed by atoms with Gasteiger partial charge in [0.1, 0.15) is 6.54 Å². The van der Waals surface area contributed by atoms with Gasteiger partial charge in [-0.3, -0.25) is 9.48 Å². The molecule has 0 saturated heterocycles.